The Labute approximate surface area is 323 Å². The Bertz CT molecular complexity index is 2060. The maximum Gasteiger partial charge on any atom is 0.0215 e. The van der Waals surface area contributed by atoms with Gasteiger partial charge in [-0.25, -0.2) is 0 Å². The molecule has 1 spiro atoms. The normalized spacial score (nSPS) is 19.6. The highest BCUT2D eigenvalue weighted by Gasteiger charge is 2.44. The minimum Gasteiger partial charge on any atom is -0.0622 e. The lowest BCUT2D eigenvalue weighted by Gasteiger charge is -2.39. The minimum absolute atomic E-state index is 0.105. The van der Waals surface area contributed by atoms with Gasteiger partial charge in [-0.1, -0.05) is 191 Å². The fraction of sp³-hybridized carbons (Fsp3) is 0.333. The molecule has 0 unspecified atom stereocenters. The second-order valence-corrected chi connectivity index (χ2v) is 17.3. The molecule has 3 fully saturated rings. The smallest absolute Gasteiger partial charge is 0.0215 e. The molecule has 0 radical (unpaired) electrons. The highest BCUT2D eigenvalue weighted by atomic mass is 14.5. The van der Waals surface area contributed by atoms with Crippen LogP contribution in [0.15, 0.2) is 146 Å². The molecule has 6 aromatic carbocycles. The summed E-state index contributed by atoms with van der Waals surface area (Å²) in [4.78, 5) is 0. The van der Waals surface area contributed by atoms with E-state index < -0.39 is 0 Å². The number of fused-ring (bicyclic) bond motifs is 5. The average molecular weight is 703 g/mol. The van der Waals surface area contributed by atoms with E-state index in [4.69, 9.17) is 0 Å². The highest BCUT2D eigenvalue weighted by Crippen LogP contribution is 2.57. The van der Waals surface area contributed by atoms with E-state index in [1.165, 1.54) is 152 Å². The lowest BCUT2D eigenvalue weighted by atomic mass is 9.65. The van der Waals surface area contributed by atoms with E-state index in [9.17, 15) is 0 Å². The monoisotopic (exact) mass is 702 g/mol. The van der Waals surface area contributed by atoms with Crippen LogP contribution in [0.2, 0.25) is 0 Å². The molecule has 3 saturated carbocycles. The van der Waals surface area contributed by atoms with Crippen molar-refractivity contribution < 1.29 is 0 Å². The van der Waals surface area contributed by atoms with E-state index in [1.54, 1.807) is 11.1 Å². The van der Waals surface area contributed by atoms with Crippen molar-refractivity contribution in [3.63, 3.8) is 0 Å². The van der Waals surface area contributed by atoms with Crippen molar-refractivity contribution in [3.8, 4) is 33.4 Å². The van der Waals surface area contributed by atoms with Gasteiger partial charge in [-0.2, -0.15) is 0 Å². The Morgan fingerprint density at radius 3 is 0.944 bits per heavy atom. The number of hydrogen-bond acceptors (Lipinski definition) is 0. The Morgan fingerprint density at radius 1 is 0.259 bits per heavy atom. The molecule has 0 amide bonds. The van der Waals surface area contributed by atoms with E-state index in [0.717, 1.165) is 0 Å². The second-order valence-electron chi connectivity index (χ2n) is 17.3. The third-order valence-corrected chi connectivity index (χ3v) is 14.7. The van der Waals surface area contributed by atoms with Gasteiger partial charge < -0.3 is 0 Å². The summed E-state index contributed by atoms with van der Waals surface area (Å²) in [5, 5.41) is 0. The van der Waals surface area contributed by atoms with Gasteiger partial charge in [0.25, 0.3) is 0 Å². The van der Waals surface area contributed by atoms with Gasteiger partial charge in [0.05, 0.1) is 0 Å². The lowest BCUT2D eigenvalue weighted by Crippen LogP contribution is -2.30. The van der Waals surface area contributed by atoms with Crippen molar-refractivity contribution in [2.45, 2.75) is 113 Å². The van der Waals surface area contributed by atoms with Gasteiger partial charge in [0.1, 0.15) is 0 Å². The van der Waals surface area contributed by atoms with Gasteiger partial charge in [0, 0.05) is 16.2 Å². The third kappa shape index (κ3) is 5.54. The zero-order valence-electron chi connectivity index (χ0n) is 32.0. The minimum atomic E-state index is 0.105. The Kier molecular flexibility index (Phi) is 8.70. The average Bonchev–Trinajstić information content (AvgIpc) is 3.52. The molecule has 0 aromatic heterocycles. The van der Waals surface area contributed by atoms with Crippen LogP contribution in [0.5, 0.6) is 0 Å². The number of rotatable bonds is 6. The zero-order chi connectivity index (χ0) is 36.0. The van der Waals surface area contributed by atoms with Crippen molar-refractivity contribution in [1.82, 2.24) is 0 Å². The molecule has 10 rings (SSSR count). The molecule has 0 heteroatoms. The van der Waals surface area contributed by atoms with Gasteiger partial charge in [-0.15, -0.1) is 0 Å². The van der Waals surface area contributed by atoms with Crippen LogP contribution >= 0.6 is 0 Å². The van der Waals surface area contributed by atoms with Gasteiger partial charge in [0.15, 0.2) is 0 Å². The predicted octanol–water partition coefficient (Wildman–Crippen LogP) is 14.8. The first-order valence-electron chi connectivity index (χ1n) is 21.3. The molecule has 4 aliphatic carbocycles. The largest absolute Gasteiger partial charge is 0.0622 e. The second kappa shape index (κ2) is 13.9. The predicted molar refractivity (Wildman–Crippen MR) is 227 cm³/mol. The van der Waals surface area contributed by atoms with E-state index >= 15 is 0 Å². The fourth-order valence-corrected chi connectivity index (χ4v) is 11.8. The van der Waals surface area contributed by atoms with Gasteiger partial charge in [0.2, 0.25) is 0 Å². The first-order valence-corrected chi connectivity index (χ1v) is 21.3. The van der Waals surface area contributed by atoms with Crippen molar-refractivity contribution in [1.29, 1.82) is 0 Å². The molecule has 270 valence electrons. The van der Waals surface area contributed by atoms with E-state index in [0.29, 0.717) is 0 Å². The Hall–Kier alpha value is -4.68. The summed E-state index contributed by atoms with van der Waals surface area (Å²) in [6.45, 7) is 0. The molecular weight excluding hydrogens is 649 g/mol. The van der Waals surface area contributed by atoms with Crippen LogP contribution in [0.3, 0.4) is 0 Å². The summed E-state index contributed by atoms with van der Waals surface area (Å²) in [5.74, 6) is 0. The highest BCUT2D eigenvalue weighted by molar-refractivity contribution is 5.86. The molecule has 0 N–H and O–H groups in total. The standard InChI is InChI=1S/C54H54/c1-6-16-44(17-7-1)52(32-10-3-11-33-52)46-26-20-40(21-27-46)42-24-30-48-49-31-25-43(39-51(49)54(50(48)38-42)36-14-5-15-37-54)41-22-28-47(29-23-41)53(34-12-4-13-35-53)45-18-8-2-9-19-45/h1-2,6-9,16-31,38-39H,3-5,10-15,32-37H2. The first kappa shape index (κ1) is 33.9. The summed E-state index contributed by atoms with van der Waals surface area (Å²) < 4.78 is 0. The molecule has 0 atom stereocenters. The van der Waals surface area contributed by atoms with E-state index in [1.807, 2.05) is 0 Å². The molecular formula is C54H54. The third-order valence-electron chi connectivity index (χ3n) is 14.7. The maximum absolute atomic E-state index is 2.59. The van der Waals surface area contributed by atoms with Crippen LogP contribution in [0.25, 0.3) is 33.4 Å². The van der Waals surface area contributed by atoms with Crippen molar-refractivity contribution in [3.05, 3.63) is 179 Å². The topological polar surface area (TPSA) is 0 Å². The summed E-state index contributed by atoms with van der Waals surface area (Å²) in [6, 6.07) is 57.0. The Morgan fingerprint density at radius 2 is 0.574 bits per heavy atom. The Balaban J connectivity index is 0.983. The van der Waals surface area contributed by atoms with E-state index in [2.05, 4.69) is 146 Å². The molecule has 4 aliphatic rings. The molecule has 0 aliphatic heterocycles. The van der Waals surface area contributed by atoms with Crippen molar-refractivity contribution in [2.24, 2.45) is 0 Å². The van der Waals surface area contributed by atoms with E-state index in [-0.39, 0.29) is 16.2 Å². The molecule has 0 nitrogen and oxygen atoms in total. The number of benzene rings is 6. The maximum atomic E-state index is 2.59. The SMILES string of the molecule is c1ccc(C2(c3ccc(-c4ccc5c(c4)C4(CCCCC4)c4cc(-c6ccc(C7(c8ccccc8)CCCCC7)cc6)ccc4-5)cc3)CCCCC2)cc1. The van der Waals surface area contributed by atoms with Crippen LogP contribution in [0.4, 0.5) is 0 Å². The summed E-state index contributed by atoms with van der Waals surface area (Å²) in [6.07, 6.45) is 19.4. The number of hydrogen-bond donors (Lipinski definition) is 0. The summed E-state index contributed by atoms with van der Waals surface area (Å²) >= 11 is 0. The van der Waals surface area contributed by atoms with Crippen LogP contribution in [0, 0.1) is 0 Å². The molecule has 0 saturated heterocycles. The van der Waals surface area contributed by atoms with Crippen LogP contribution in [0.1, 0.15) is 130 Å². The lowest BCUT2D eigenvalue weighted by molar-refractivity contribution is 0.346. The van der Waals surface area contributed by atoms with Crippen LogP contribution in [-0.4, -0.2) is 0 Å². The molecule has 6 aromatic rings. The fourth-order valence-electron chi connectivity index (χ4n) is 11.8. The van der Waals surface area contributed by atoms with Gasteiger partial charge >= 0.3 is 0 Å². The summed E-state index contributed by atoms with van der Waals surface area (Å²) in [5.41, 5.74) is 17.8. The van der Waals surface area contributed by atoms with Crippen LogP contribution < -0.4 is 0 Å². The van der Waals surface area contributed by atoms with Gasteiger partial charge in [-0.3, -0.25) is 0 Å². The molecule has 0 bridgehead atoms. The molecule has 54 heavy (non-hydrogen) atoms. The van der Waals surface area contributed by atoms with Crippen molar-refractivity contribution in [2.75, 3.05) is 0 Å². The van der Waals surface area contributed by atoms with Gasteiger partial charge in [-0.05, 0) is 117 Å². The first-order chi connectivity index (χ1) is 26.7. The van der Waals surface area contributed by atoms with Crippen LogP contribution in [-0.2, 0) is 16.2 Å². The molecule has 0 heterocycles. The zero-order valence-corrected chi connectivity index (χ0v) is 32.0. The quantitative estimate of drug-likeness (QED) is 0.162. The van der Waals surface area contributed by atoms with Crippen molar-refractivity contribution >= 4 is 0 Å². The summed E-state index contributed by atoms with van der Waals surface area (Å²) in [7, 11) is 0.